The molecule has 4 nitrogen and oxygen atoms in total. The molecular formula is C13H23N3O. The number of nitrogens with two attached hydrogens (primary N) is 1. The Kier molecular flexibility index (Phi) is 4.90. The maximum absolute atomic E-state index is 5.78. The molecule has 0 aliphatic rings. The summed E-state index contributed by atoms with van der Waals surface area (Å²) < 4.78 is 5.41. The SMILES string of the molecule is COC(C)(C)C[C@@H](C)NCc1cccnc1N. The lowest BCUT2D eigenvalue weighted by atomic mass is 10.00. The van der Waals surface area contributed by atoms with E-state index in [2.05, 4.69) is 31.1 Å². The summed E-state index contributed by atoms with van der Waals surface area (Å²) in [5.41, 5.74) is 6.72. The van der Waals surface area contributed by atoms with Gasteiger partial charge in [0.05, 0.1) is 5.60 Å². The summed E-state index contributed by atoms with van der Waals surface area (Å²) in [6.07, 6.45) is 2.65. The first-order chi connectivity index (χ1) is 7.94. The minimum atomic E-state index is -0.104. The molecule has 0 bridgehead atoms. The molecule has 0 spiro atoms. The maximum atomic E-state index is 5.78. The zero-order chi connectivity index (χ0) is 12.9. The third-order valence-electron chi connectivity index (χ3n) is 2.92. The molecule has 1 rings (SSSR count). The Bertz CT molecular complexity index is 352. The van der Waals surface area contributed by atoms with Crippen molar-refractivity contribution in [2.75, 3.05) is 12.8 Å². The van der Waals surface area contributed by atoms with Crippen molar-refractivity contribution in [2.24, 2.45) is 0 Å². The van der Waals surface area contributed by atoms with Crippen LogP contribution in [0.2, 0.25) is 0 Å². The normalized spacial score (nSPS) is 13.6. The first-order valence-electron chi connectivity index (χ1n) is 5.92. The topological polar surface area (TPSA) is 60.2 Å². The summed E-state index contributed by atoms with van der Waals surface area (Å²) in [4.78, 5) is 4.06. The molecule has 1 aromatic heterocycles. The fraction of sp³-hybridized carbons (Fsp3) is 0.615. The van der Waals surface area contributed by atoms with Gasteiger partial charge in [-0.2, -0.15) is 0 Å². The van der Waals surface area contributed by atoms with Crippen LogP contribution in [0.5, 0.6) is 0 Å². The van der Waals surface area contributed by atoms with Crippen LogP contribution in [0.15, 0.2) is 18.3 Å². The van der Waals surface area contributed by atoms with Crippen LogP contribution in [0.1, 0.15) is 32.8 Å². The number of anilines is 1. The molecule has 1 heterocycles. The first kappa shape index (κ1) is 13.9. The van der Waals surface area contributed by atoms with E-state index in [4.69, 9.17) is 10.5 Å². The number of hydrogen-bond donors (Lipinski definition) is 2. The Labute approximate surface area is 104 Å². The Morgan fingerprint density at radius 1 is 1.53 bits per heavy atom. The molecule has 96 valence electrons. The summed E-state index contributed by atoms with van der Waals surface area (Å²) in [6, 6.07) is 4.25. The van der Waals surface area contributed by atoms with Crippen LogP contribution in [0.25, 0.3) is 0 Å². The number of ether oxygens (including phenoxy) is 1. The van der Waals surface area contributed by atoms with Gasteiger partial charge in [0.2, 0.25) is 0 Å². The van der Waals surface area contributed by atoms with E-state index in [9.17, 15) is 0 Å². The monoisotopic (exact) mass is 237 g/mol. The summed E-state index contributed by atoms with van der Waals surface area (Å²) in [5.74, 6) is 0.596. The Morgan fingerprint density at radius 3 is 2.82 bits per heavy atom. The molecule has 1 atom stereocenters. The lowest BCUT2D eigenvalue weighted by Gasteiger charge is -2.27. The number of nitrogen functional groups attached to an aromatic ring is 1. The number of nitrogens with one attached hydrogen (secondary N) is 1. The van der Waals surface area contributed by atoms with E-state index in [1.54, 1.807) is 13.3 Å². The van der Waals surface area contributed by atoms with Crippen molar-refractivity contribution < 1.29 is 4.74 Å². The third-order valence-corrected chi connectivity index (χ3v) is 2.92. The number of pyridine rings is 1. The minimum Gasteiger partial charge on any atom is -0.383 e. The van der Waals surface area contributed by atoms with Gasteiger partial charge in [-0.1, -0.05) is 6.07 Å². The molecule has 0 saturated heterocycles. The molecule has 0 saturated carbocycles. The average Bonchev–Trinajstić information content (AvgIpc) is 2.27. The van der Waals surface area contributed by atoms with Gasteiger partial charge in [-0.15, -0.1) is 0 Å². The summed E-state index contributed by atoms with van der Waals surface area (Å²) >= 11 is 0. The van der Waals surface area contributed by atoms with E-state index >= 15 is 0 Å². The molecule has 0 aliphatic heterocycles. The van der Waals surface area contributed by atoms with Crippen LogP contribution in [0, 0.1) is 0 Å². The highest BCUT2D eigenvalue weighted by Crippen LogP contribution is 2.16. The van der Waals surface area contributed by atoms with Gasteiger partial charge in [-0.05, 0) is 33.3 Å². The van der Waals surface area contributed by atoms with Crippen LogP contribution in [0.4, 0.5) is 5.82 Å². The lowest BCUT2D eigenvalue weighted by Crippen LogP contribution is -2.35. The molecule has 17 heavy (non-hydrogen) atoms. The highest BCUT2D eigenvalue weighted by molar-refractivity contribution is 5.38. The van der Waals surface area contributed by atoms with Gasteiger partial charge >= 0.3 is 0 Å². The third kappa shape index (κ3) is 4.71. The summed E-state index contributed by atoms with van der Waals surface area (Å²) in [7, 11) is 1.74. The molecule has 0 radical (unpaired) electrons. The van der Waals surface area contributed by atoms with Crippen LogP contribution in [0.3, 0.4) is 0 Å². The Balaban J connectivity index is 2.44. The minimum absolute atomic E-state index is 0.104. The van der Waals surface area contributed by atoms with E-state index < -0.39 is 0 Å². The molecular weight excluding hydrogens is 214 g/mol. The average molecular weight is 237 g/mol. The number of methoxy groups -OCH3 is 1. The van der Waals surface area contributed by atoms with E-state index in [1.165, 1.54) is 0 Å². The number of hydrogen-bond acceptors (Lipinski definition) is 4. The van der Waals surface area contributed by atoms with Crippen molar-refractivity contribution in [3.05, 3.63) is 23.9 Å². The smallest absolute Gasteiger partial charge is 0.127 e. The van der Waals surface area contributed by atoms with Gasteiger partial charge in [0.15, 0.2) is 0 Å². The van der Waals surface area contributed by atoms with Crippen molar-refractivity contribution >= 4 is 5.82 Å². The molecule has 0 amide bonds. The number of aromatic nitrogens is 1. The molecule has 0 fully saturated rings. The Morgan fingerprint density at radius 2 is 2.24 bits per heavy atom. The van der Waals surface area contributed by atoms with Crippen molar-refractivity contribution in [2.45, 2.75) is 45.4 Å². The first-order valence-corrected chi connectivity index (χ1v) is 5.92. The molecule has 1 aromatic rings. The standard InChI is InChI=1S/C13H23N3O/c1-10(8-13(2,3)17-4)16-9-11-6-5-7-15-12(11)14/h5-7,10,16H,8-9H2,1-4H3,(H2,14,15)/t10-/m1/s1. The summed E-state index contributed by atoms with van der Waals surface area (Å²) in [6.45, 7) is 7.06. The van der Waals surface area contributed by atoms with Gasteiger partial charge in [0.1, 0.15) is 5.82 Å². The molecule has 0 unspecified atom stereocenters. The maximum Gasteiger partial charge on any atom is 0.127 e. The van der Waals surface area contributed by atoms with E-state index in [1.807, 2.05) is 12.1 Å². The van der Waals surface area contributed by atoms with Crippen molar-refractivity contribution in [3.63, 3.8) is 0 Å². The molecule has 0 aromatic carbocycles. The van der Waals surface area contributed by atoms with E-state index in [0.717, 1.165) is 18.5 Å². The second-order valence-corrected chi connectivity index (χ2v) is 5.00. The van der Waals surface area contributed by atoms with Gasteiger partial charge in [0.25, 0.3) is 0 Å². The predicted octanol–water partition coefficient (Wildman–Crippen LogP) is 1.96. The van der Waals surface area contributed by atoms with Gasteiger partial charge in [-0.25, -0.2) is 4.98 Å². The molecule has 4 heteroatoms. The van der Waals surface area contributed by atoms with Crippen molar-refractivity contribution in [1.82, 2.24) is 10.3 Å². The van der Waals surface area contributed by atoms with Gasteiger partial charge in [0, 0.05) is 31.5 Å². The lowest BCUT2D eigenvalue weighted by molar-refractivity contribution is 0.00845. The van der Waals surface area contributed by atoms with Crippen LogP contribution < -0.4 is 11.1 Å². The zero-order valence-electron chi connectivity index (χ0n) is 11.2. The largest absolute Gasteiger partial charge is 0.383 e. The van der Waals surface area contributed by atoms with E-state index in [0.29, 0.717) is 11.9 Å². The van der Waals surface area contributed by atoms with Crippen molar-refractivity contribution in [1.29, 1.82) is 0 Å². The van der Waals surface area contributed by atoms with Crippen LogP contribution in [-0.2, 0) is 11.3 Å². The Hall–Kier alpha value is -1.13. The number of rotatable bonds is 6. The zero-order valence-corrected chi connectivity index (χ0v) is 11.2. The van der Waals surface area contributed by atoms with Crippen molar-refractivity contribution in [3.8, 4) is 0 Å². The van der Waals surface area contributed by atoms with Gasteiger partial charge in [-0.3, -0.25) is 0 Å². The summed E-state index contributed by atoms with van der Waals surface area (Å²) in [5, 5.41) is 3.43. The van der Waals surface area contributed by atoms with E-state index in [-0.39, 0.29) is 5.60 Å². The highest BCUT2D eigenvalue weighted by atomic mass is 16.5. The fourth-order valence-electron chi connectivity index (χ4n) is 1.78. The second-order valence-electron chi connectivity index (χ2n) is 5.00. The fourth-order valence-corrected chi connectivity index (χ4v) is 1.78. The van der Waals surface area contributed by atoms with Gasteiger partial charge < -0.3 is 15.8 Å². The predicted molar refractivity (Wildman–Crippen MR) is 70.7 cm³/mol. The molecule has 3 N–H and O–H groups in total. The van der Waals surface area contributed by atoms with Crippen LogP contribution in [-0.4, -0.2) is 23.7 Å². The quantitative estimate of drug-likeness (QED) is 0.794. The number of nitrogens with zero attached hydrogens (tertiary/aromatic N) is 1. The highest BCUT2D eigenvalue weighted by Gasteiger charge is 2.19. The molecule has 0 aliphatic carbocycles. The second kappa shape index (κ2) is 5.98. The van der Waals surface area contributed by atoms with Crippen LogP contribution >= 0.6 is 0 Å².